The van der Waals surface area contributed by atoms with Crippen molar-refractivity contribution in [1.82, 2.24) is 15.0 Å². The number of rotatable bonds is 3. The van der Waals surface area contributed by atoms with Crippen LogP contribution in [-0.4, -0.2) is 21.5 Å². The zero-order valence-corrected chi connectivity index (χ0v) is 12.4. The SMILES string of the molecule is CCCNc1cc2nc3ccccc3nc2c2cccnc12. The minimum Gasteiger partial charge on any atom is -0.383 e. The van der Waals surface area contributed by atoms with Crippen LogP contribution in [-0.2, 0) is 0 Å². The highest BCUT2D eigenvalue weighted by Crippen LogP contribution is 2.29. The average molecular weight is 288 g/mol. The first-order valence-corrected chi connectivity index (χ1v) is 7.55. The van der Waals surface area contributed by atoms with Crippen molar-refractivity contribution < 1.29 is 0 Å². The molecule has 0 fully saturated rings. The average Bonchev–Trinajstić information content (AvgIpc) is 2.58. The van der Waals surface area contributed by atoms with Gasteiger partial charge in [-0.15, -0.1) is 0 Å². The largest absolute Gasteiger partial charge is 0.383 e. The van der Waals surface area contributed by atoms with Crippen molar-refractivity contribution in [2.24, 2.45) is 0 Å². The van der Waals surface area contributed by atoms with E-state index in [0.717, 1.165) is 51.6 Å². The third kappa shape index (κ3) is 2.04. The lowest BCUT2D eigenvalue weighted by Gasteiger charge is -2.11. The van der Waals surface area contributed by atoms with Crippen LogP contribution in [0.3, 0.4) is 0 Å². The topological polar surface area (TPSA) is 50.7 Å². The Morgan fingerprint density at radius 1 is 0.909 bits per heavy atom. The van der Waals surface area contributed by atoms with Crippen LogP contribution in [0.25, 0.3) is 33.0 Å². The van der Waals surface area contributed by atoms with E-state index in [2.05, 4.69) is 29.4 Å². The molecule has 0 amide bonds. The van der Waals surface area contributed by atoms with E-state index in [0.29, 0.717) is 0 Å². The van der Waals surface area contributed by atoms with Gasteiger partial charge in [-0.25, -0.2) is 9.97 Å². The molecule has 108 valence electrons. The molecule has 0 saturated carbocycles. The zero-order chi connectivity index (χ0) is 14.9. The Bertz CT molecular complexity index is 978. The molecule has 1 N–H and O–H groups in total. The highest BCUT2D eigenvalue weighted by molar-refractivity contribution is 6.09. The summed E-state index contributed by atoms with van der Waals surface area (Å²) in [5.74, 6) is 0. The minimum atomic E-state index is 0.901. The van der Waals surface area contributed by atoms with Crippen LogP contribution in [0.4, 0.5) is 5.69 Å². The number of hydrogen-bond acceptors (Lipinski definition) is 4. The van der Waals surface area contributed by atoms with Gasteiger partial charge < -0.3 is 5.32 Å². The molecule has 0 unspecified atom stereocenters. The number of para-hydroxylation sites is 2. The van der Waals surface area contributed by atoms with Gasteiger partial charge in [0.15, 0.2) is 0 Å². The van der Waals surface area contributed by atoms with E-state index in [1.165, 1.54) is 0 Å². The Labute approximate surface area is 128 Å². The van der Waals surface area contributed by atoms with Gasteiger partial charge in [0, 0.05) is 18.1 Å². The third-order valence-electron chi connectivity index (χ3n) is 3.76. The molecular formula is C18H16N4. The van der Waals surface area contributed by atoms with Gasteiger partial charge in [0.2, 0.25) is 0 Å². The quantitative estimate of drug-likeness (QED) is 0.454. The number of fused-ring (bicyclic) bond motifs is 4. The molecule has 4 rings (SSSR count). The minimum absolute atomic E-state index is 0.901. The Morgan fingerprint density at radius 3 is 2.55 bits per heavy atom. The first-order valence-electron chi connectivity index (χ1n) is 7.55. The van der Waals surface area contributed by atoms with Gasteiger partial charge >= 0.3 is 0 Å². The van der Waals surface area contributed by atoms with Crippen molar-refractivity contribution in [2.45, 2.75) is 13.3 Å². The molecule has 0 saturated heterocycles. The lowest BCUT2D eigenvalue weighted by atomic mass is 10.1. The maximum absolute atomic E-state index is 4.80. The van der Waals surface area contributed by atoms with Crippen molar-refractivity contribution in [2.75, 3.05) is 11.9 Å². The van der Waals surface area contributed by atoms with Crippen LogP contribution in [0.15, 0.2) is 48.7 Å². The van der Waals surface area contributed by atoms with E-state index in [9.17, 15) is 0 Å². The van der Waals surface area contributed by atoms with Crippen LogP contribution in [0, 0.1) is 0 Å². The molecule has 0 radical (unpaired) electrons. The summed E-state index contributed by atoms with van der Waals surface area (Å²) < 4.78 is 0. The van der Waals surface area contributed by atoms with E-state index in [1.54, 1.807) is 0 Å². The number of nitrogens with one attached hydrogen (secondary N) is 1. The molecule has 2 aromatic carbocycles. The fourth-order valence-corrected chi connectivity index (χ4v) is 2.72. The van der Waals surface area contributed by atoms with E-state index in [1.807, 2.05) is 36.5 Å². The fraction of sp³-hybridized carbons (Fsp3) is 0.167. The third-order valence-corrected chi connectivity index (χ3v) is 3.76. The Morgan fingerprint density at radius 2 is 1.73 bits per heavy atom. The highest BCUT2D eigenvalue weighted by atomic mass is 14.9. The van der Waals surface area contributed by atoms with Gasteiger partial charge in [-0.2, -0.15) is 0 Å². The monoisotopic (exact) mass is 288 g/mol. The number of nitrogens with zero attached hydrogens (tertiary/aromatic N) is 3. The van der Waals surface area contributed by atoms with Gasteiger partial charge in [-0.3, -0.25) is 4.98 Å². The van der Waals surface area contributed by atoms with Crippen molar-refractivity contribution in [3.8, 4) is 0 Å². The van der Waals surface area contributed by atoms with Crippen LogP contribution in [0.2, 0.25) is 0 Å². The first kappa shape index (κ1) is 13.0. The lowest BCUT2D eigenvalue weighted by Crippen LogP contribution is -2.02. The zero-order valence-electron chi connectivity index (χ0n) is 12.4. The molecule has 22 heavy (non-hydrogen) atoms. The summed E-state index contributed by atoms with van der Waals surface area (Å²) in [6.45, 7) is 3.06. The predicted molar refractivity (Wildman–Crippen MR) is 91.1 cm³/mol. The van der Waals surface area contributed by atoms with Crippen molar-refractivity contribution in [3.63, 3.8) is 0 Å². The highest BCUT2D eigenvalue weighted by Gasteiger charge is 2.10. The van der Waals surface area contributed by atoms with E-state index < -0.39 is 0 Å². The Kier molecular flexibility index (Phi) is 3.07. The summed E-state index contributed by atoms with van der Waals surface area (Å²) in [5.41, 5.74) is 5.61. The predicted octanol–water partition coefficient (Wildman–Crippen LogP) is 4.15. The smallest absolute Gasteiger partial charge is 0.0990 e. The number of pyridine rings is 1. The molecule has 0 aliphatic heterocycles. The van der Waals surface area contributed by atoms with Crippen LogP contribution >= 0.6 is 0 Å². The first-order chi connectivity index (χ1) is 10.9. The Balaban J connectivity index is 2.09. The lowest BCUT2D eigenvalue weighted by molar-refractivity contribution is 0.981. The van der Waals surface area contributed by atoms with Gasteiger partial charge in [0.05, 0.1) is 33.3 Å². The standard InChI is InChI=1S/C18H16N4/c1-2-9-19-15-11-16-18(12-6-5-10-20-17(12)15)22-14-8-4-3-7-13(14)21-16/h3-8,10-11,19H,2,9H2,1H3. The van der Waals surface area contributed by atoms with Crippen LogP contribution in [0.1, 0.15) is 13.3 Å². The molecule has 0 aliphatic rings. The van der Waals surface area contributed by atoms with Gasteiger partial charge in [-0.05, 0) is 36.8 Å². The fourth-order valence-electron chi connectivity index (χ4n) is 2.72. The summed E-state index contributed by atoms with van der Waals surface area (Å²) in [6.07, 6.45) is 2.88. The molecule has 4 heteroatoms. The molecule has 0 bridgehead atoms. The molecule has 2 aromatic heterocycles. The van der Waals surface area contributed by atoms with E-state index in [4.69, 9.17) is 9.97 Å². The summed E-state index contributed by atoms with van der Waals surface area (Å²) in [7, 11) is 0. The van der Waals surface area contributed by atoms with Crippen LogP contribution < -0.4 is 5.32 Å². The second-order valence-electron chi connectivity index (χ2n) is 5.33. The maximum atomic E-state index is 4.80. The van der Waals surface area contributed by atoms with Crippen molar-refractivity contribution >= 4 is 38.7 Å². The van der Waals surface area contributed by atoms with E-state index >= 15 is 0 Å². The van der Waals surface area contributed by atoms with Crippen molar-refractivity contribution in [1.29, 1.82) is 0 Å². The summed E-state index contributed by atoms with van der Waals surface area (Å²) in [4.78, 5) is 14.1. The number of anilines is 1. The summed E-state index contributed by atoms with van der Waals surface area (Å²) in [5, 5.41) is 4.49. The molecule has 0 atom stereocenters. The maximum Gasteiger partial charge on any atom is 0.0990 e. The number of hydrogen-bond donors (Lipinski definition) is 1. The molecule has 2 heterocycles. The second-order valence-corrected chi connectivity index (χ2v) is 5.33. The molecule has 0 spiro atoms. The summed E-state index contributed by atoms with van der Waals surface area (Å²) in [6, 6.07) is 14.0. The van der Waals surface area contributed by atoms with Crippen LogP contribution in [0.5, 0.6) is 0 Å². The Hall–Kier alpha value is -2.75. The van der Waals surface area contributed by atoms with Gasteiger partial charge in [0.1, 0.15) is 0 Å². The number of aromatic nitrogens is 3. The van der Waals surface area contributed by atoms with E-state index in [-0.39, 0.29) is 0 Å². The van der Waals surface area contributed by atoms with Crippen molar-refractivity contribution in [3.05, 3.63) is 48.7 Å². The molecule has 0 aliphatic carbocycles. The molecule has 4 aromatic rings. The molecule has 4 nitrogen and oxygen atoms in total. The number of benzene rings is 2. The molecular weight excluding hydrogens is 272 g/mol. The van der Waals surface area contributed by atoms with Gasteiger partial charge in [-0.1, -0.05) is 19.1 Å². The second kappa shape index (κ2) is 5.22. The van der Waals surface area contributed by atoms with Gasteiger partial charge in [0.25, 0.3) is 0 Å². The summed E-state index contributed by atoms with van der Waals surface area (Å²) >= 11 is 0. The normalized spacial score (nSPS) is 11.3.